The highest BCUT2D eigenvalue weighted by atomic mass is 16.4. The molecule has 1 aromatic rings. The van der Waals surface area contributed by atoms with Gasteiger partial charge >= 0.3 is 5.97 Å². The quantitative estimate of drug-likeness (QED) is 0.612. The van der Waals surface area contributed by atoms with Gasteiger partial charge in [-0.05, 0) is 24.5 Å². The van der Waals surface area contributed by atoms with Crippen molar-refractivity contribution in [1.82, 2.24) is 10.6 Å². The number of aliphatic hydroxyl groups excluding tert-OH is 1. The van der Waals surface area contributed by atoms with E-state index in [4.69, 9.17) is 5.11 Å². The highest BCUT2D eigenvalue weighted by Gasteiger charge is 2.31. The molecule has 3 atom stereocenters. The fourth-order valence-corrected chi connectivity index (χ4v) is 2.36. The van der Waals surface area contributed by atoms with Crippen molar-refractivity contribution in [1.29, 1.82) is 0 Å². The number of aliphatic carboxylic acids is 1. The molecule has 0 aliphatic carbocycles. The van der Waals surface area contributed by atoms with Crippen molar-refractivity contribution in [2.24, 2.45) is 0 Å². The lowest BCUT2D eigenvalue weighted by atomic mass is 9.93. The summed E-state index contributed by atoms with van der Waals surface area (Å²) < 4.78 is 0. The molecule has 0 spiro atoms. The van der Waals surface area contributed by atoms with Crippen LogP contribution < -0.4 is 10.6 Å². The zero-order valence-corrected chi connectivity index (χ0v) is 11.2. The van der Waals surface area contributed by atoms with Gasteiger partial charge in [0.15, 0.2) is 6.04 Å². The number of carboxylic acids is 1. The Balaban J connectivity index is 2.16. The topological polar surface area (TPSA) is 98.7 Å². The smallest absolute Gasteiger partial charge is 0.328 e. The lowest BCUT2D eigenvalue weighted by Gasteiger charge is -2.27. The van der Waals surface area contributed by atoms with Crippen LogP contribution in [0.5, 0.6) is 0 Å². The first-order chi connectivity index (χ1) is 9.50. The largest absolute Gasteiger partial charge is 0.480 e. The molecule has 1 amide bonds. The van der Waals surface area contributed by atoms with Crippen LogP contribution in [0.25, 0.3) is 0 Å². The van der Waals surface area contributed by atoms with Crippen LogP contribution in [0.15, 0.2) is 24.3 Å². The highest BCUT2D eigenvalue weighted by molar-refractivity contribution is 5.88. The van der Waals surface area contributed by atoms with E-state index in [1.165, 1.54) is 6.92 Å². The molecule has 0 bridgehead atoms. The van der Waals surface area contributed by atoms with Crippen LogP contribution in [0.4, 0.5) is 0 Å². The molecule has 0 radical (unpaired) electrons. The number of benzene rings is 1. The maximum absolute atomic E-state index is 12.2. The van der Waals surface area contributed by atoms with E-state index in [-0.39, 0.29) is 0 Å². The van der Waals surface area contributed by atoms with Gasteiger partial charge in [0.1, 0.15) is 6.04 Å². The Kier molecular flexibility index (Phi) is 4.36. The molecule has 6 heteroatoms. The molecule has 2 rings (SSSR count). The molecule has 0 saturated carbocycles. The first kappa shape index (κ1) is 14.5. The maximum atomic E-state index is 12.2. The Hall–Kier alpha value is -1.92. The Morgan fingerprint density at radius 3 is 2.75 bits per heavy atom. The first-order valence-electron chi connectivity index (χ1n) is 6.53. The van der Waals surface area contributed by atoms with Crippen molar-refractivity contribution in [3.8, 4) is 0 Å². The minimum atomic E-state index is -1.31. The summed E-state index contributed by atoms with van der Waals surface area (Å²) in [5, 5.41) is 23.8. The predicted molar refractivity (Wildman–Crippen MR) is 72.1 cm³/mol. The number of fused-ring (bicyclic) bond motifs is 1. The summed E-state index contributed by atoms with van der Waals surface area (Å²) >= 11 is 0. The molecular formula is C14H18N2O4. The SMILES string of the molecule is C[C@@H](O)[C@H](NC(=O)C1NCCc2ccccc21)C(=O)O. The Morgan fingerprint density at radius 1 is 1.40 bits per heavy atom. The molecule has 1 aliphatic heterocycles. The van der Waals surface area contributed by atoms with Crippen molar-refractivity contribution in [3.05, 3.63) is 35.4 Å². The molecule has 1 aliphatic rings. The summed E-state index contributed by atoms with van der Waals surface area (Å²) in [6.07, 6.45) is -0.325. The predicted octanol–water partition coefficient (Wildman–Crippen LogP) is -0.176. The van der Waals surface area contributed by atoms with Crippen molar-refractivity contribution in [2.45, 2.75) is 31.5 Å². The second-order valence-electron chi connectivity index (χ2n) is 4.90. The van der Waals surface area contributed by atoms with Crippen LogP contribution in [0, 0.1) is 0 Å². The zero-order chi connectivity index (χ0) is 14.7. The highest BCUT2D eigenvalue weighted by Crippen LogP contribution is 2.22. The number of amides is 1. The third-order valence-electron chi connectivity index (χ3n) is 3.42. The molecule has 108 valence electrons. The molecule has 1 unspecified atom stereocenters. The molecular weight excluding hydrogens is 260 g/mol. The summed E-state index contributed by atoms with van der Waals surface area (Å²) in [6.45, 7) is 1.99. The summed E-state index contributed by atoms with van der Waals surface area (Å²) in [6, 6.07) is 5.67. The molecule has 1 heterocycles. The molecule has 6 nitrogen and oxygen atoms in total. The van der Waals surface area contributed by atoms with Crippen LogP contribution in [-0.4, -0.2) is 40.8 Å². The van der Waals surface area contributed by atoms with E-state index >= 15 is 0 Å². The third-order valence-corrected chi connectivity index (χ3v) is 3.42. The zero-order valence-electron chi connectivity index (χ0n) is 11.2. The first-order valence-corrected chi connectivity index (χ1v) is 6.53. The normalized spacial score (nSPS) is 20.6. The van der Waals surface area contributed by atoms with Crippen molar-refractivity contribution >= 4 is 11.9 Å². The van der Waals surface area contributed by atoms with Crippen molar-refractivity contribution in [2.75, 3.05) is 6.54 Å². The summed E-state index contributed by atoms with van der Waals surface area (Å²) in [4.78, 5) is 23.2. The Morgan fingerprint density at radius 2 is 2.10 bits per heavy atom. The minimum absolute atomic E-state index is 0.439. The fourth-order valence-electron chi connectivity index (χ4n) is 2.36. The monoisotopic (exact) mass is 278 g/mol. The molecule has 20 heavy (non-hydrogen) atoms. The van der Waals surface area contributed by atoms with Gasteiger partial charge in [0.25, 0.3) is 0 Å². The molecule has 0 fully saturated rings. The van der Waals surface area contributed by atoms with E-state index < -0.39 is 30.1 Å². The van der Waals surface area contributed by atoms with Gasteiger partial charge in [-0.25, -0.2) is 4.79 Å². The van der Waals surface area contributed by atoms with Gasteiger partial charge in [0.05, 0.1) is 6.10 Å². The van der Waals surface area contributed by atoms with Crippen LogP contribution in [0.3, 0.4) is 0 Å². The number of hydrogen-bond donors (Lipinski definition) is 4. The van der Waals surface area contributed by atoms with Gasteiger partial charge in [0, 0.05) is 6.54 Å². The average Bonchev–Trinajstić information content (AvgIpc) is 2.43. The number of carbonyl (C=O) groups is 2. The van der Waals surface area contributed by atoms with Gasteiger partial charge in [0.2, 0.25) is 5.91 Å². The molecule has 1 aromatic carbocycles. The van der Waals surface area contributed by atoms with Crippen LogP contribution in [0.2, 0.25) is 0 Å². The number of nitrogens with one attached hydrogen (secondary N) is 2. The van der Waals surface area contributed by atoms with Gasteiger partial charge in [-0.1, -0.05) is 24.3 Å². The van der Waals surface area contributed by atoms with Gasteiger partial charge < -0.3 is 20.8 Å². The van der Waals surface area contributed by atoms with Crippen LogP contribution in [-0.2, 0) is 16.0 Å². The number of carboxylic acid groups (broad SMARTS) is 1. The number of carbonyl (C=O) groups excluding carboxylic acids is 1. The Bertz CT molecular complexity index is 516. The average molecular weight is 278 g/mol. The van der Waals surface area contributed by atoms with E-state index in [1.54, 1.807) is 0 Å². The number of rotatable bonds is 4. The summed E-state index contributed by atoms with van der Waals surface area (Å²) in [5.74, 6) is -1.69. The standard InChI is InChI=1S/C14H18N2O4/c1-8(17)11(14(19)20)16-13(18)12-10-5-3-2-4-9(10)6-7-15-12/h2-5,8,11-12,15,17H,6-7H2,1H3,(H,16,18)(H,19,20)/t8-,11+,12?/m1/s1. The van der Waals surface area contributed by atoms with E-state index in [9.17, 15) is 14.7 Å². The molecule has 0 saturated heterocycles. The van der Waals surface area contributed by atoms with Gasteiger partial charge in [-0.15, -0.1) is 0 Å². The van der Waals surface area contributed by atoms with Gasteiger partial charge in [-0.3, -0.25) is 4.79 Å². The second-order valence-corrected chi connectivity index (χ2v) is 4.90. The van der Waals surface area contributed by atoms with Crippen LogP contribution in [0.1, 0.15) is 24.1 Å². The fraction of sp³-hybridized carbons (Fsp3) is 0.429. The maximum Gasteiger partial charge on any atom is 0.328 e. The third kappa shape index (κ3) is 2.97. The summed E-state index contributed by atoms with van der Waals surface area (Å²) in [7, 11) is 0. The minimum Gasteiger partial charge on any atom is -0.480 e. The van der Waals surface area contributed by atoms with Gasteiger partial charge in [-0.2, -0.15) is 0 Å². The molecule has 0 aromatic heterocycles. The van der Waals surface area contributed by atoms with E-state index in [0.29, 0.717) is 6.54 Å². The molecule has 4 N–H and O–H groups in total. The lowest BCUT2D eigenvalue weighted by molar-refractivity contribution is -0.145. The van der Waals surface area contributed by atoms with E-state index in [0.717, 1.165) is 17.5 Å². The lowest BCUT2D eigenvalue weighted by Crippen LogP contribution is -2.51. The number of hydrogen-bond acceptors (Lipinski definition) is 4. The number of aliphatic hydroxyl groups is 1. The van der Waals surface area contributed by atoms with E-state index in [1.807, 2.05) is 24.3 Å². The van der Waals surface area contributed by atoms with Crippen molar-refractivity contribution < 1.29 is 19.8 Å². The van der Waals surface area contributed by atoms with Crippen LogP contribution >= 0.6 is 0 Å². The Labute approximate surface area is 116 Å². The summed E-state index contributed by atoms with van der Waals surface area (Å²) in [5.41, 5.74) is 1.93. The van der Waals surface area contributed by atoms with E-state index in [2.05, 4.69) is 10.6 Å². The second kappa shape index (κ2) is 6.02. The van der Waals surface area contributed by atoms with Crippen molar-refractivity contribution in [3.63, 3.8) is 0 Å².